The van der Waals surface area contributed by atoms with Crippen molar-refractivity contribution in [3.8, 4) is 28.6 Å². The molecule has 34 heavy (non-hydrogen) atoms. The van der Waals surface area contributed by atoms with E-state index in [1.807, 2.05) is 24.3 Å². The van der Waals surface area contributed by atoms with Gasteiger partial charge in [-0.15, -0.1) is 0 Å². The standard InChI is InChI=1S/C24H24N4O6/c29-13-17(30)14-34-22-3-1-2-21(26-22)27-24(31)28-9-11-33-20-7-5-18(25-23(20)28)15-4-6-19-16(12-15)8-10-32-19/h1-7,12,17,29-30H,8-11,13-14H2,(H,26,27,31). The molecule has 0 bridgehead atoms. The van der Waals surface area contributed by atoms with Crippen LogP contribution in [0.5, 0.6) is 17.4 Å². The molecule has 1 atom stereocenters. The van der Waals surface area contributed by atoms with E-state index in [4.69, 9.17) is 24.3 Å². The van der Waals surface area contributed by atoms with Crippen LogP contribution in [0.2, 0.25) is 0 Å². The molecule has 0 saturated heterocycles. The highest BCUT2D eigenvalue weighted by molar-refractivity contribution is 6.02. The van der Waals surface area contributed by atoms with Crippen LogP contribution in [0.4, 0.5) is 16.4 Å². The Labute approximate surface area is 195 Å². The van der Waals surface area contributed by atoms with Gasteiger partial charge < -0.3 is 24.4 Å². The Morgan fingerprint density at radius 1 is 1.12 bits per heavy atom. The van der Waals surface area contributed by atoms with E-state index in [9.17, 15) is 9.90 Å². The van der Waals surface area contributed by atoms with Crippen molar-refractivity contribution in [2.45, 2.75) is 12.5 Å². The molecular formula is C24H24N4O6. The molecule has 0 radical (unpaired) electrons. The largest absolute Gasteiger partial charge is 0.493 e. The van der Waals surface area contributed by atoms with Gasteiger partial charge in [0.2, 0.25) is 5.88 Å². The summed E-state index contributed by atoms with van der Waals surface area (Å²) in [6.07, 6.45) is -0.149. The van der Waals surface area contributed by atoms with Crippen LogP contribution in [0.1, 0.15) is 5.56 Å². The highest BCUT2D eigenvalue weighted by Gasteiger charge is 2.26. The Bertz CT molecular complexity index is 1200. The Kier molecular flexibility index (Phi) is 6.15. The molecular weight excluding hydrogens is 440 g/mol. The molecule has 176 valence electrons. The van der Waals surface area contributed by atoms with Crippen LogP contribution in [0.15, 0.2) is 48.5 Å². The van der Waals surface area contributed by atoms with Gasteiger partial charge >= 0.3 is 6.03 Å². The highest BCUT2D eigenvalue weighted by Crippen LogP contribution is 2.35. The molecule has 1 aromatic carbocycles. The predicted molar refractivity (Wildman–Crippen MR) is 124 cm³/mol. The number of urea groups is 1. The predicted octanol–water partition coefficient (Wildman–Crippen LogP) is 2.24. The monoisotopic (exact) mass is 464 g/mol. The fourth-order valence-electron chi connectivity index (χ4n) is 3.77. The number of nitrogens with one attached hydrogen (secondary N) is 1. The van der Waals surface area contributed by atoms with E-state index in [0.717, 1.165) is 29.0 Å². The second-order valence-electron chi connectivity index (χ2n) is 7.88. The Balaban J connectivity index is 1.35. The Morgan fingerprint density at radius 2 is 1.97 bits per heavy atom. The zero-order valence-electron chi connectivity index (χ0n) is 18.3. The molecule has 2 aromatic heterocycles. The molecule has 3 aromatic rings. The van der Waals surface area contributed by atoms with Crippen molar-refractivity contribution in [3.05, 3.63) is 54.1 Å². The summed E-state index contributed by atoms with van der Waals surface area (Å²) in [6, 6.07) is 14.1. The molecule has 0 aliphatic carbocycles. The number of amides is 2. The molecule has 10 nitrogen and oxygen atoms in total. The zero-order chi connectivity index (χ0) is 23.5. The van der Waals surface area contributed by atoms with Gasteiger partial charge in [-0.25, -0.2) is 9.78 Å². The number of rotatable bonds is 6. The fourth-order valence-corrected chi connectivity index (χ4v) is 3.77. The van der Waals surface area contributed by atoms with Crippen molar-refractivity contribution >= 4 is 17.7 Å². The van der Waals surface area contributed by atoms with Crippen molar-refractivity contribution in [1.82, 2.24) is 9.97 Å². The van der Waals surface area contributed by atoms with E-state index < -0.39 is 18.7 Å². The molecule has 5 rings (SSSR count). The number of fused-ring (bicyclic) bond motifs is 2. The van der Waals surface area contributed by atoms with Crippen LogP contribution >= 0.6 is 0 Å². The Hall–Kier alpha value is -3.89. The third-order valence-corrected chi connectivity index (χ3v) is 5.49. The number of pyridine rings is 2. The maximum absolute atomic E-state index is 13.1. The summed E-state index contributed by atoms with van der Waals surface area (Å²) < 4.78 is 16.7. The van der Waals surface area contributed by atoms with Gasteiger partial charge in [0, 0.05) is 18.1 Å². The summed E-state index contributed by atoms with van der Waals surface area (Å²) in [5.74, 6) is 2.35. The van der Waals surface area contributed by atoms with Crippen molar-refractivity contribution in [3.63, 3.8) is 0 Å². The number of carbonyl (C=O) groups is 1. The molecule has 2 amide bonds. The summed E-state index contributed by atoms with van der Waals surface area (Å²) >= 11 is 0. The van der Waals surface area contributed by atoms with Crippen molar-refractivity contribution in [1.29, 1.82) is 0 Å². The molecule has 0 saturated carbocycles. The fraction of sp³-hybridized carbons (Fsp3) is 0.292. The van der Waals surface area contributed by atoms with Crippen LogP contribution < -0.4 is 24.4 Å². The van der Waals surface area contributed by atoms with Crippen LogP contribution in [0.3, 0.4) is 0 Å². The average Bonchev–Trinajstić information content (AvgIpc) is 3.35. The summed E-state index contributed by atoms with van der Waals surface area (Å²) in [4.78, 5) is 23.6. The van der Waals surface area contributed by atoms with Gasteiger partial charge in [-0.05, 0) is 42.0 Å². The van der Waals surface area contributed by atoms with Gasteiger partial charge in [0.1, 0.15) is 30.9 Å². The molecule has 1 unspecified atom stereocenters. The number of aliphatic hydroxyl groups excluding tert-OH is 2. The van der Waals surface area contributed by atoms with Gasteiger partial charge in [0.05, 0.1) is 25.5 Å². The average molecular weight is 464 g/mol. The van der Waals surface area contributed by atoms with Gasteiger partial charge in [-0.3, -0.25) is 10.2 Å². The number of anilines is 2. The second kappa shape index (κ2) is 9.54. The maximum atomic E-state index is 13.1. The minimum Gasteiger partial charge on any atom is -0.493 e. The number of aromatic nitrogens is 2. The number of ether oxygens (including phenoxy) is 3. The molecule has 0 fully saturated rings. The van der Waals surface area contributed by atoms with Crippen molar-refractivity contribution in [2.24, 2.45) is 0 Å². The topological polar surface area (TPSA) is 126 Å². The molecule has 0 spiro atoms. The quantitative estimate of drug-likeness (QED) is 0.507. The third kappa shape index (κ3) is 4.59. The highest BCUT2D eigenvalue weighted by atomic mass is 16.5. The van der Waals surface area contributed by atoms with E-state index in [-0.39, 0.29) is 18.3 Å². The van der Waals surface area contributed by atoms with Crippen LogP contribution in [0, 0.1) is 0 Å². The molecule has 2 aliphatic heterocycles. The minimum absolute atomic E-state index is 0.112. The van der Waals surface area contributed by atoms with E-state index in [1.54, 1.807) is 18.2 Å². The van der Waals surface area contributed by atoms with Crippen LogP contribution in [-0.2, 0) is 6.42 Å². The van der Waals surface area contributed by atoms with Gasteiger partial charge in [-0.2, -0.15) is 4.98 Å². The first-order chi connectivity index (χ1) is 16.6. The SMILES string of the molecule is O=C(Nc1cccc(OCC(O)CO)n1)N1CCOc2ccc(-c3ccc4c(c3)CCO4)nc21. The number of hydrogen-bond acceptors (Lipinski definition) is 8. The molecule has 10 heteroatoms. The van der Waals surface area contributed by atoms with Crippen LogP contribution in [-0.4, -0.2) is 65.3 Å². The minimum atomic E-state index is -1.01. The molecule has 3 N–H and O–H groups in total. The lowest BCUT2D eigenvalue weighted by Gasteiger charge is -2.28. The van der Waals surface area contributed by atoms with E-state index in [0.29, 0.717) is 31.3 Å². The van der Waals surface area contributed by atoms with Gasteiger partial charge in [0.25, 0.3) is 0 Å². The summed E-state index contributed by atoms with van der Waals surface area (Å²) in [6.45, 7) is 0.820. The zero-order valence-corrected chi connectivity index (χ0v) is 18.3. The van der Waals surface area contributed by atoms with Gasteiger partial charge in [0.15, 0.2) is 11.6 Å². The summed E-state index contributed by atoms with van der Waals surface area (Å²) in [5.41, 5.74) is 2.81. The first-order valence-electron chi connectivity index (χ1n) is 11.0. The first kappa shape index (κ1) is 21.9. The van der Waals surface area contributed by atoms with E-state index in [2.05, 4.69) is 16.4 Å². The second-order valence-corrected chi connectivity index (χ2v) is 7.88. The van der Waals surface area contributed by atoms with Crippen molar-refractivity contribution < 1.29 is 29.2 Å². The molecule has 2 aliphatic rings. The number of aliphatic hydroxyl groups is 2. The van der Waals surface area contributed by atoms with Crippen molar-refractivity contribution in [2.75, 3.05) is 43.2 Å². The Morgan fingerprint density at radius 3 is 2.85 bits per heavy atom. The van der Waals surface area contributed by atoms with Crippen LogP contribution in [0.25, 0.3) is 11.3 Å². The third-order valence-electron chi connectivity index (χ3n) is 5.49. The number of nitrogens with zero attached hydrogens (tertiary/aromatic N) is 3. The van der Waals surface area contributed by atoms with E-state index >= 15 is 0 Å². The number of benzene rings is 1. The number of carbonyl (C=O) groups excluding carboxylic acids is 1. The first-order valence-corrected chi connectivity index (χ1v) is 11.0. The van der Waals surface area contributed by atoms with E-state index in [1.165, 1.54) is 4.90 Å². The number of hydrogen-bond donors (Lipinski definition) is 3. The maximum Gasteiger partial charge on any atom is 0.328 e. The van der Waals surface area contributed by atoms with Gasteiger partial charge in [-0.1, -0.05) is 6.07 Å². The lowest BCUT2D eigenvalue weighted by molar-refractivity contribution is 0.0521. The lowest BCUT2D eigenvalue weighted by atomic mass is 10.1. The lowest BCUT2D eigenvalue weighted by Crippen LogP contribution is -2.41. The molecule has 4 heterocycles. The summed E-state index contributed by atoms with van der Waals surface area (Å²) in [7, 11) is 0. The normalized spacial score (nSPS) is 14.9. The smallest absolute Gasteiger partial charge is 0.328 e. The summed E-state index contributed by atoms with van der Waals surface area (Å²) in [5, 5.41) is 21.1.